The first-order valence-electron chi connectivity index (χ1n) is 4.48. The summed E-state index contributed by atoms with van der Waals surface area (Å²) in [7, 11) is 0. The van der Waals surface area contributed by atoms with Crippen LogP contribution in [0.25, 0.3) is 11.3 Å². The third-order valence-corrected chi connectivity index (χ3v) is 2.03. The Labute approximate surface area is 81.8 Å². The van der Waals surface area contributed by atoms with Crippen molar-refractivity contribution in [2.24, 2.45) is 0 Å². The number of hydrogen-bond acceptors (Lipinski definition) is 3. The zero-order chi connectivity index (χ0) is 9.97. The first-order chi connectivity index (χ1) is 6.81. The van der Waals surface area contributed by atoms with Crippen molar-refractivity contribution < 1.29 is 5.11 Å². The standard InChI is InChI=1S/C10H11N3O/c1-2-13-10(14)7-9(12-13)8-3-5-11-6-4-8/h3-7,14H,2H2,1H3. The summed E-state index contributed by atoms with van der Waals surface area (Å²) >= 11 is 0. The van der Waals surface area contributed by atoms with E-state index in [4.69, 9.17) is 0 Å². The summed E-state index contributed by atoms with van der Waals surface area (Å²) in [4.78, 5) is 3.92. The Balaban J connectivity index is 2.43. The SMILES string of the molecule is CCn1nc(-c2ccncc2)cc1O. The van der Waals surface area contributed by atoms with Gasteiger partial charge >= 0.3 is 0 Å². The lowest BCUT2D eigenvalue weighted by atomic mass is 10.2. The second-order valence-electron chi connectivity index (χ2n) is 2.94. The van der Waals surface area contributed by atoms with Crippen LogP contribution < -0.4 is 0 Å². The van der Waals surface area contributed by atoms with Crippen LogP contribution in [0.3, 0.4) is 0 Å². The zero-order valence-corrected chi connectivity index (χ0v) is 7.88. The Morgan fingerprint density at radius 2 is 2.07 bits per heavy atom. The quantitative estimate of drug-likeness (QED) is 0.781. The molecule has 0 spiro atoms. The highest BCUT2D eigenvalue weighted by molar-refractivity contribution is 5.59. The van der Waals surface area contributed by atoms with Crippen LogP contribution >= 0.6 is 0 Å². The van der Waals surface area contributed by atoms with Crippen LogP contribution in [0.2, 0.25) is 0 Å². The molecule has 72 valence electrons. The average Bonchev–Trinajstić information content (AvgIpc) is 2.61. The lowest BCUT2D eigenvalue weighted by Crippen LogP contribution is -1.95. The van der Waals surface area contributed by atoms with E-state index >= 15 is 0 Å². The minimum atomic E-state index is 0.194. The fourth-order valence-corrected chi connectivity index (χ4v) is 1.30. The third kappa shape index (κ3) is 1.46. The Bertz CT molecular complexity index is 422. The van der Waals surface area contributed by atoms with Gasteiger partial charge in [-0.05, 0) is 19.1 Å². The van der Waals surface area contributed by atoms with Gasteiger partial charge < -0.3 is 5.11 Å². The molecular weight excluding hydrogens is 178 g/mol. The van der Waals surface area contributed by atoms with Crippen LogP contribution in [0.1, 0.15) is 6.92 Å². The van der Waals surface area contributed by atoms with Gasteiger partial charge in [0.15, 0.2) is 0 Å². The number of aromatic nitrogens is 3. The highest BCUT2D eigenvalue weighted by Gasteiger charge is 2.06. The molecule has 2 heterocycles. The lowest BCUT2D eigenvalue weighted by molar-refractivity contribution is 0.405. The molecule has 0 atom stereocenters. The van der Waals surface area contributed by atoms with Crippen molar-refractivity contribution in [3.8, 4) is 17.1 Å². The van der Waals surface area contributed by atoms with Crippen molar-refractivity contribution in [1.82, 2.24) is 14.8 Å². The average molecular weight is 189 g/mol. The molecular formula is C10H11N3O. The largest absolute Gasteiger partial charge is 0.493 e. The van der Waals surface area contributed by atoms with E-state index in [0.29, 0.717) is 6.54 Å². The maximum Gasteiger partial charge on any atom is 0.209 e. The van der Waals surface area contributed by atoms with Gasteiger partial charge in [0.05, 0.1) is 5.69 Å². The summed E-state index contributed by atoms with van der Waals surface area (Å²) in [6.07, 6.45) is 3.41. The molecule has 0 aromatic carbocycles. The van der Waals surface area contributed by atoms with E-state index < -0.39 is 0 Å². The Morgan fingerprint density at radius 3 is 2.64 bits per heavy atom. The van der Waals surface area contributed by atoms with Crippen molar-refractivity contribution in [2.75, 3.05) is 0 Å². The highest BCUT2D eigenvalue weighted by Crippen LogP contribution is 2.21. The number of aromatic hydroxyl groups is 1. The molecule has 2 aromatic heterocycles. The maximum absolute atomic E-state index is 9.48. The fourth-order valence-electron chi connectivity index (χ4n) is 1.30. The molecule has 14 heavy (non-hydrogen) atoms. The van der Waals surface area contributed by atoms with E-state index in [-0.39, 0.29) is 5.88 Å². The molecule has 0 aliphatic carbocycles. The second kappa shape index (κ2) is 3.49. The molecule has 0 amide bonds. The van der Waals surface area contributed by atoms with Gasteiger partial charge in [0, 0.05) is 30.6 Å². The summed E-state index contributed by atoms with van der Waals surface area (Å²) in [5.74, 6) is 0.194. The molecule has 0 aliphatic heterocycles. The summed E-state index contributed by atoms with van der Waals surface area (Å²) in [6.45, 7) is 2.60. The molecule has 4 nitrogen and oxygen atoms in total. The third-order valence-electron chi connectivity index (χ3n) is 2.03. The van der Waals surface area contributed by atoms with Gasteiger partial charge in [0.1, 0.15) is 0 Å². The molecule has 2 rings (SSSR count). The van der Waals surface area contributed by atoms with E-state index in [1.807, 2.05) is 19.1 Å². The Morgan fingerprint density at radius 1 is 1.36 bits per heavy atom. The van der Waals surface area contributed by atoms with E-state index in [0.717, 1.165) is 11.3 Å². The first kappa shape index (κ1) is 8.74. The smallest absolute Gasteiger partial charge is 0.209 e. The van der Waals surface area contributed by atoms with Crippen LogP contribution in [0.5, 0.6) is 5.88 Å². The minimum Gasteiger partial charge on any atom is -0.493 e. The number of pyridine rings is 1. The van der Waals surface area contributed by atoms with E-state index in [9.17, 15) is 5.11 Å². The van der Waals surface area contributed by atoms with Gasteiger partial charge in [-0.15, -0.1) is 0 Å². The molecule has 0 saturated heterocycles. The molecule has 0 saturated carbocycles. The van der Waals surface area contributed by atoms with E-state index in [2.05, 4.69) is 10.1 Å². The molecule has 2 aromatic rings. The predicted molar refractivity (Wildman–Crippen MR) is 52.8 cm³/mol. The van der Waals surface area contributed by atoms with Gasteiger partial charge in [-0.3, -0.25) is 4.98 Å². The monoisotopic (exact) mass is 189 g/mol. The number of rotatable bonds is 2. The predicted octanol–water partition coefficient (Wildman–Crippen LogP) is 1.67. The van der Waals surface area contributed by atoms with E-state index in [1.54, 1.807) is 23.1 Å². The van der Waals surface area contributed by atoms with Crippen molar-refractivity contribution in [2.45, 2.75) is 13.5 Å². The fraction of sp³-hybridized carbons (Fsp3) is 0.200. The maximum atomic E-state index is 9.48. The van der Waals surface area contributed by atoms with Gasteiger partial charge in [-0.25, -0.2) is 4.68 Å². The molecule has 0 radical (unpaired) electrons. The summed E-state index contributed by atoms with van der Waals surface area (Å²) in [5.41, 5.74) is 1.73. The van der Waals surface area contributed by atoms with Crippen LogP contribution in [-0.4, -0.2) is 19.9 Å². The topological polar surface area (TPSA) is 50.9 Å². The molecule has 0 bridgehead atoms. The van der Waals surface area contributed by atoms with Crippen LogP contribution in [-0.2, 0) is 6.54 Å². The van der Waals surface area contributed by atoms with Crippen molar-refractivity contribution in [3.05, 3.63) is 30.6 Å². The Kier molecular flexibility index (Phi) is 2.18. The second-order valence-corrected chi connectivity index (χ2v) is 2.94. The number of hydrogen-bond donors (Lipinski definition) is 1. The molecule has 0 unspecified atom stereocenters. The van der Waals surface area contributed by atoms with Crippen molar-refractivity contribution >= 4 is 0 Å². The number of nitrogens with zero attached hydrogens (tertiary/aromatic N) is 3. The summed E-state index contributed by atoms with van der Waals surface area (Å²) in [5, 5.41) is 13.7. The van der Waals surface area contributed by atoms with Gasteiger partial charge in [-0.2, -0.15) is 5.10 Å². The van der Waals surface area contributed by atoms with Gasteiger partial charge in [-0.1, -0.05) is 0 Å². The van der Waals surface area contributed by atoms with Crippen LogP contribution in [0.4, 0.5) is 0 Å². The van der Waals surface area contributed by atoms with Crippen LogP contribution in [0, 0.1) is 0 Å². The molecule has 0 aliphatic rings. The number of aryl methyl sites for hydroxylation is 1. The summed E-state index contributed by atoms with van der Waals surface area (Å²) < 4.78 is 1.55. The molecule has 4 heteroatoms. The normalized spacial score (nSPS) is 10.4. The molecule has 0 fully saturated rings. The minimum absolute atomic E-state index is 0.194. The van der Waals surface area contributed by atoms with Gasteiger partial charge in [0.25, 0.3) is 0 Å². The van der Waals surface area contributed by atoms with Crippen molar-refractivity contribution in [3.63, 3.8) is 0 Å². The van der Waals surface area contributed by atoms with Crippen molar-refractivity contribution in [1.29, 1.82) is 0 Å². The summed E-state index contributed by atoms with van der Waals surface area (Å²) in [6, 6.07) is 5.38. The highest BCUT2D eigenvalue weighted by atomic mass is 16.3. The van der Waals surface area contributed by atoms with E-state index in [1.165, 1.54) is 0 Å². The molecule has 1 N–H and O–H groups in total. The lowest BCUT2D eigenvalue weighted by Gasteiger charge is -1.95. The van der Waals surface area contributed by atoms with Crippen LogP contribution in [0.15, 0.2) is 30.6 Å². The first-order valence-corrected chi connectivity index (χ1v) is 4.48. The zero-order valence-electron chi connectivity index (χ0n) is 7.88. The van der Waals surface area contributed by atoms with Gasteiger partial charge in [0.2, 0.25) is 5.88 Å². The Hall–Kier alpha value is -1.84.